The molecule has 1 aromatic rings. The van der Waals surface area contributed by atoms with E-state index >= 15 is 0 Å². The molecule has 5 heteroatoms. The van der Waals surface area contributed by atoms with E-state index in [1.165, 1.54) is 31.7 Å². The second-order valence-corrected chi connectivity index (χ2v) is 7.30. The second-order valence-electron chi connectivity index (χ2n) is 6.87. The fourth-order valence-electron chi connectivity index (χ4n) is 2.74. The van der Waals surface area contributed by atoms with Crippen molar-refractivity contribution < 1.29 is 19.1 Å². The highest BCUT2D eigenvalue weighted by Gasteiger charge is 2.14. The van der Waals surface area contributed by atoms with E-state index < -0.39 is 0 Å². The van der Waals surface area contributed by atoms with Crippen molar-refractivity contribution in [3.63, 3.8) is 0 Å². The van der Waals surface area contributed by atoms with Gasteiger partial charge in [0.1, 0.15) is 0 Å². The predicted octanol–water partition coefficient (Wildman–Crippen LogP) is 6.87. The van der Waals surface area contributed by atoms with E-state index in [1.807, 2.05) is 0 Å². The average Bonchev–Trinajstić information content (AvgIpc) is 2.63. The van der Waals surface area contributed by atoms with Gasteiger partial charge in [0.2, 0.25) is 0 Å². The molecule has 152 valence electrons. The third-order valence-electron chi connectivity index (χ3n) is 4.32. The molecular weight excluding hydrogens is 364 g/mol. The zero-order chi connectivity index (χ0) is 19.9. The van der Waals surface area contributed by atoms with Crippen LogP contribution in [-0.4, -0.2) is 11.9 Å². The molecule has 0 unspecified atom stereocenters. The lowest BCUT2D eigenvalue weighted by Gasteiger charge is -2.11. The Morgan fingerprint density at radius 3 is 1.74 bits per heavy atom. The maximum atomic E-state index is 12.1. The standard InChI is InChI=1S/C22H33ClO4/c1-3-5-7-9-11-13-21(24)26-19-16-15-18(23)17-20(19)27-22(25)14-12-10-8-6-4-2/h15-17H,3-14H2,1-2H3. The molecule has 1 rings (SSSR count). The Morgan fingerprint density at radius 2 is 1.22 bits per heavy atom. The van der Waals surface area contributed by atoms with Gasteiger partial charge in [0.15, 0.2) is 11.5 Å². The lowest BCUT2D eigenvalue weighted by atomic mass is 10.1. The molecule has 1 aromatic carbocycles. The van der Waals surface area contributed by atoms with Gasteiger partial charge in [-0.25, -0.2) is 0 Å². The second kappa shape index (κ2) is 14.5. The van der Waals surface area contributed by atoms with Crippen LogP contribution in [0.3, 0.4) is 0 Å². The number of esters is 2. The number of carbonyl (C=O) groups excluding carboxylic acids is 2. The molecule has 0 bridgehead atoms. The van der Waals surface area contributed by atoms with Crippen LogP contribution in [0.5, 0.6) is 11.5 Å². The van der Waals surface area contributed by atoms with Crippen molar-refractivity contribution in [1.29, 1.82) is 0 Å². The third kappa shape index (κ3) is 11.0. The summed E-state index contributed by atoms with van der Waals surface area (Å²) in [4.78, 5) is 24.1. The van der Waals surface area contributed by atoms with Crippen LogP contribution in [0.25, 0.3) is 0 Å². The van der Waals surface area contributed by atoms with Gasteiger partial charge >= 0.3 is 11.9 Å². The Labute approximate surface area is 168 Å². The molecular formula is C22H33ClO4. The summed E-state index contributed by atoms with van der Waals surface area (Å²) in [5, 5.41) is 0.431. The summed E-state index contributed by atoms with van der Waals surface area (Å²) >= 11 is 6.00. The maximum absolute atomic E-state index is 12.1. The first-order chi connectivity index (χ1) is 13.1. The zero-order valence-electron chi connectivity index (χ0n) is 16.7. The largest absolute Gasteiger partial charge is 0.423 e. The summed E-state index contributed by atoms with van der Waals surface area (Å²) in [6.07, 6.45) is 11.3. The number of ether oxygens (including phenoxy) is 2. The molecule has 4 nitrogen and oxygen atoms in total. The summed E-state index contributed by atoms with van der Waals surface area (Å²) < 4.78 is 10.8. The van der Waals surface area contributed by atoms with Gasteiger partial charge in [-0.15, -0.1) is 0 Å². The van der Waals surface area contributed by atoms with Gasteiger partial charge in [0.25, 0.3) is 0 Å². The molecule has 0 spiro atoms. The lowest BCUT2D eigenvalue weighted by Crippen LogP contribution is -2.12. The van der Waals surface area contributed by atoms with Crippen molar-refractivity contribution in [3.05, 3.63) is 23.2 Å². The molecule has 0 atom stereocenters. The number of rotatable bonds is 14. The Morgan fingerprint density at radius 1 is 0.741 bits per heavy atom. The number of unbranched alkanes of at least 4 members (excludes halogenated alkanes) is 8. The molecule has 0 saturated carbocycles. The summed E-state index contributed by atoms with van der Waals surface area (Å²) in [7, 11) is 0. The maximum Gasteiger partial charge on any atom is 0.311 e. The molecule has 0 aromatic heterocycles. The molecule has 0 fully saturated rings. The highest BCUT2D eigenvalue weighted by molar-refractivity contribution is 6.30. The molecule has 0 aliphatic rings. The SMILES string of the molecule is CCCCCCCC(=O)Oc1ccc(Cl)cc1OC(=O)CCCCCCC. The van der Waals surface area contributed by atoms with Crippen molar-refractivity contribution in [2.24, 2.45) is 0 Å². The molecule has 0 amide bonds. The number of hydrogen-bond acceptors (Lipinski definition) is 4. The average molecular weight is 397 g/mol. The van der Waals surface area contributed by atoms with Gasteiger partial charge in [-0.2, -0.15) is 0 Å². The fraction of sp³-hybridized carbons (Fsp3) is 0.636. The van der Waals surface area contributed by atoms with Crippen LogP contribution in [-0.2, 0) is 9.59 Å². The van der Waals surface area contributed by atoms with Crippen LogP contribution < -0.4 is 9.47 Å². The quantitative estimate of drug-likeness (QED) is 0.195. The van der Waals surface area contributed by atoms with Crippen LogP contribution in [0.2, 0.25) is 5.02 Å². The predicted molar refractivity (Wildman–Crippen MR) is 109 cm³/mol. The smallest absolute Gasteiger partial charge is 0.311 e. The molecule has 0 heterocycles. The molecule has 27 heavy (non-hydrogen) atoms. The summed E-state index contributed by atoms with van der Waals surface area (Å²) in [5.41, 5.74) is 0. The summed E-state index contributed by atoms with van der Waals surface area (Å²) in [6.45, 7) is 4.31. The van der Waals surface area contributed by atoms with E-state index in [9.17, 15) is 9.59 Å². The lowest BCUT2D eigenvalue weighted by molar-refractivity contribution is -0.137. The molecule has 0 saturated heterocycles. The van der Waals surface area contributed by atoms with Crippen LogP contribution in [0.15, 0.2) is 18.2 Å². The first-order valence-electron chi connectivity index (χ1n) is 10.3. The monoisotopic (exact) mass is 396 g/mol. The minimum atomic E-state index is -0.328. The normalized spacial score (nSPS) is 10.6. The fourth-order valence-corrected chi connectivity index (χ4v) is 2.90. The Bertz CT molecular complexity index is 571. The Kier molecular flexibility index (Phi) is 12.6. The first-order valence-corrected chi connectivity index (χ1v) is 10.7. The van der Waals surface area contributed by atoms with E-state index in [-0.39, 0.29) is 23.4 Å². The minimum absolute atomic E-state index is 0.209. The van der Waals surface area contributed by atoms with Crippen molar-refractivity contribution in [1.82, 2.24) is 0 Å². The van der Waals surface area contributed by atoms with Crippen LogP contribution >= 0.6 is 11.6 Å². The van der Waals surface area contributed by atoms with E-state index in [4.69, 9.17) is 21.1 Å². The van der Waals surface area contributed by atoms with Gasteiger partial charge in [0.05, 0.1) is 0 Å². The summed E-state index contributed by atoms with van der Waals surface area (Å²) in [6, 6.07) is 4.70. The highest BCUT2D eigenvalue weighted by Crippen LogP contribution is 2.31. The molecule has 0 aliphatic heterocycles. The van der Waals surface area contributed by atoms with Gasteiger partial charge in [-0.1, -0.05) is 76.8 Å². The van der Waals surface area contributed by atoms with Gasteiger partial charge in [-0.05, 0) is 25.0 Å². The topological polar surface area (TPSA) is 52.6 Å². The third-order valence-corrected chi connectivity index (χ3v) is 4.56. The van der Waals surface area contributed by atoms with Crippen molar-refractivity contribution >= 4 is 23.5 Å². The van der Waals surface area contributed by atoms with E-state index in [0.717, 1.165) is 38.5 Å². The van der Waals surface area contributed by atoms with E-state index in [0.29, 0.717) is 17.9 Å². The van der Waals surface area contributed by atoms with Crippen LogP contribution in [0, 0.1) is 0 Å². The highest BCUT2D eigenvalue weighted by atomic mass is 35.5. The zero-order valence-corrected chi connectivity index (χ0v) is 17.5. The number of benzene rings is 1. The van der Waals surface area contributed by atoms with Crippen molar-refractivity contribution in [3.8, 4) is 11.5 Å². The Hall–Kier alpha value is -1.55. The van der Waals surface area contributed by atoms with Crippen molar-refractivity contribution in [2.45, 2.75) is 90.9 Å². The van der Waals surface area contributed by atoms with Gasteiger partial charge in [0, 0.05) is 23.9 Å². The molecule has 0 radical (unpaired) electrons. The first kappa shape index (κ1) is 23.5. The number of carbonyl (C=O) groups is 2. The van der Waals surface area contributed by atoms with Gasteiger partial charge in [-0.3, -0.25) is 9.59 Å². The molecule has 0 aliphatic carbocycles. The van der Waals surface area contributed by atoms with Crippen LogP contribution in [0.4, 0.5) is 0 Å². The van der Waals surface area contributed by atoms with E-state index in [1.54, 1.807) is 12.1 Å². The Balaban J connectivity index is 2.49. The number of hydrogen-bond donors (Lipinski definition) is 0. The molecule has 0 N–H and O–H groups in total. The number of halogens is 1. The van der Waals surface area contributed by atoms with E-state index in [2.05, 4.69) is 13.8 Å². The van der Waals surface area contributed by atoms with Crippen LogP contribution in [0.1, 0.15) is 90.9 Å². The van der Waals surface area contributed by atoms with Gasteiger partial charge < -0.3 is 9.47 Å². The minimum Gasteiger partial charge on any atom is -0.423 e. The summed E-state index contributed by atoms with van der Waals surface area (Å²) in [5.74, 6) is -0.186. The van der Waals surface area contributed by atoms with Crippen molar-refractivity contribution in [2.75, 3.05) is 0 Å².